The summed E-state index contributed by atoms with van der Waals surface area (Å²) in [7, 11) is 0. The number of nitrogens with zero attached hydrogens (tertiary/aromatic N) is 1. The van der Waals surface area contributed by atoms with Crippen molar-refractivity contribution < 1.29 is 14.3 Å². The fourth-order valence-electron chi connectivity index (χ4n) is 2.46. The number of amides is 2. The Bertz CT molecular complexity index is 605. The third-order valence-electron chi connectivity index (χ3n) is 3.96. The van der Waals surface area contributed by atoms with E-state index in [1.54, 1.807) is 31.9 Å². The van der Waals surface area contributed by atoms with Gasteiger partial charge in [-0.1, -0.05) is 56.7 Å². The lowest BCUT2D eigenvalue weighted by Crippen LogP contribution is -2.51. The maximum Gasteiger partial charge on any atom is 0.408 e. The number of nitrogens with one attached hydrogen (secondary N) is 1. The van der Waals surface area contributed by atoms with Crippen LogP contribution < -0.4 is 5.32 Å². The van der Waals surface area contributed by atoms with E-state index in [-0.39, 0.29) is 11.8 Å². The molecule has 0 aliphatic heterocycles. The van der Waals surface area contributed by atoms with Crippen molar-refractivity contribution in [1.82, 2.24) is 10.2 Å². The molecule has 5 heteroatoms. The third kappa shape index (κ3) is 7.30. The van der Waals surface area contributed by atoms with Gasteiger partial charge in [-0.2, -0.15) is 0 Å². The number of alkyl carbamates (subject to hydrolysis) is 1. The predicted molar refractivity (Wildman–Crippen MR) is 104 cm³/mol. The number of carbonyl (C=O) groups is 2. The van der Waals surface area contributed by atoms with Crippen LogP contribution in [-0.2, 0) is 16.1 Å². The highest BCUT2D eigenvalue weighted by atomic mass is 16.6. The molecular weight excluding hydrogens is 328 g/mol. The van der Waals surface area contributed by atoms with E-state index in [0.717, 1.165) is 12.0 Å². The minimum atomic E-state index is -0.644. The Morgan fingerprint density at radius 3 is 2.35 bits per heavy atom. The zero-order valence-electron chi connectivity index (χ0n) is 16.8. The van der Waals surface area contributed by atoms with E-state index in [1.807, 2.05) is 57.2 Å². The number of rotatable bonds is 7. The second-order valence-electron chi connectivity index (χ2n) is 7.44. The smallest absolute Gasteiger partial charge is 0.408 e. The van der Waals surface area contributed by atoms with Crippen LogP contribution >= 0.6 is 0 Å². The molecule has 2 atom stereocenters. The molecule has 0 spiro atoms. The molecule has 0 aromatic heterocycles. The van der Waals surface area contributed by atoms with Crippen LogP contribution in [0.25, 0.3) is 0 Å². The third-order valence-corrected chi connectivity index (χ3v) is 3.96. The van der Waals surface area contributed by atoms with E-state index in [9.17, 15) is 9.59 Å². The number of benzene rings is 1. The monoisotopic (exact) mass is 360 g/mol. The van der Waals surface area contributed by atoms with Crippen molar-refractivity contribution in [2.24, 2.45) is 5.92 Å². The topological polar surface area (TPSA) is 58.6 Å². The molecule has 5 nitrogen and oxygen atoms in total. The molecule has 0 bridgehead atoms. The van der Waals surface area contributed by atoms with Gasteiger partial charge in [0.25, 0.3) is 0 Å². The molecule has 0 saturated heterocycles. The molecule has 0 unspecified atom stereocenters. The first kappa shape index (κ1) is 21.7. The quantitative estimate of drug-likeness (QED) is 0.779. The molecule has 0 heterocycles. The Morgan fingerprint density at radius 1 is 1.23 bits per heavy atom. The van der Waals surface area contributed by atoms with Gasteiger partial charge in [-0.15, -0.1) is 0 Å². The molecule has 1 aromatic carbocycles. The van der Waals surface area contributed by atoms with E-state index >= 15 is 0 Å². The molecule has 0 saturated carbocycles. The first-order chi connectivity index (χ1) is 12.2. The lowest BCUT2D eigenvalue weighted by molar-refractivity contribution is -0.132. The lowest BCUT2D eigenvalue weighted by atomic mass is 9.97. The Morgan fingerprint density at radius 2 is 1.85 bits per heavy atom. The van der Waals surface area contributed by atoms with Crippen LogP contribution in [0.2, 0.25) is 0 Å². The highest BCUT2D eigenvalue weighted by Gasteiger charge is 2.31. The second-order valence-corrected chi connectivity index (χ2v) is 7.44. The summed E-state index contributed by atoms with van der Waals surface area (Å²) in [5.41, 5.74) is 0.416. The highest BCUT2D eigenvalue weighted by molar-refractivity contribution is 5.86. The average molecular weight is 360 g/mol. The second kappa shape index (κ2) is 10.00. The fourth-order valence-corrected chi connectivity index (χ4v) is 2.46. The first-order valence-electron chi connectivity index (χ1n) is 9.14. The molecule has 144 valence electrons. The summed E-state index contributed by atoms with van der Waals surface area (Å²) in [6.07, 6.45) is 3.77. The molecule has 0 fully saturated rings. The van der Waals surface area contributed by atoms with Crippen molar-refractivity contribution in [3.63, 3.8) is 0 Å². The number of carbonyl (C=O) groups excluding carboxylic acids is 2. The van der Waals surface area contributed by atoms with Crippen LogP contribution in [-0.4, -0.2) is 28.5 Å². The maximum atomic E-state index is 13.1. The Balaban J connectivity index is 2.98. The van der Waals surface area contributed by atoms with Gasteiger partial charge in [0.1, 0.15) is 11.6 Å². The number of hydrogen-bond acceptors (Lipinski definition) is 3. The average Bonchev–Trinajstić information content (AvgIpc) is 2.57. The van der Waals surface area contributed by atoms with Gasteiger partial charge in [-0.3, -0.25) is 4.79 Å². The van der Waals surface area contributed by atoms with E-state index in [0.29, 0.717) is 6.54 Å². The van der Waals surface area contributed by atoms with Gasteiger partial charge in [0.2, 0.25) is 5.91 Å². The van der Waals surface area contributed by atoms with Crippen molar-refractivity contribution >= 4 is 12.0 Å². The van der Waals surface area contributed by atoms with E-state index in [2.05, 4.69) is 5.32 Å². The standard InChI is InChI=1S/C21H32N2O3/c1-7-14-23(15-17-12-10-9-11-13-17)19(24)18(16(3)8-2)22-20(25)26-21(4,5)6/h7,9-14,16,18H,8,15H2,1-6H3,(H,22,25)/b14-7+/t16-,18-/m0/s1. The van der Waals surface area contributed by atoms with Crippen molar-refractivity contribution in [3.8, 4) is 0 Å². The summed E-state index contributed by atoms with van der Waals surface area (Å²) >= 11 is 0. The van der Waals surface area contributed by atoms with Crippen molar-refractivity contribution in [2.75, 3.05) is 0 Å². The summed E-state index contributed by atoms with van der Waals surface area (Å²) in [6.45, 7) is 11.7. The molecule has 1 aromatic rings. The molecule has 1 N–H and O–H groups in total. The largest absolute Gasteiger partial charge is 0.444 e. The van der Waals surface area contributed by atoms with Gasteiger partial charge in [0, 0.05) is 6.20 Å². The summed E-state index contributed by atoms with van der Waals surface area (Å²) in [5.74, 6) is -0.161. The molecule has 0 aliphatic rings. The molecule has 0 aliphatic carbocycles. The predicted octanol–water partition coefficient (Wildman–Crippen LogP) is 4.49. The lowest BCUT2D eigenvalue weighted by Gasteiger charge is -2.30. The number of ether oxygens (including phenoxy) is 1. The van der Waals surface area contributed by atoms with E-state index < -0.39 is 17.7 Å². The molecule has 26 heavy (non-hydrogen) atoms. The first-order valence-corrected chi connectivity index (χ1v) is 9.14. The zero-order chi connectivity index (χ0) is 19.7. The minimum absolute atomic E-state index is 0.0152. The minimum Gasteiger partial charge on any atom is -0.444 e. The van der Waals surface area contributed by atoms with E-state index in [4.69, 9.17) is 4.74 Å². The van der Waals surface area contributed by atoms with Crippen LogP contribution in [0.15, 0.2) is 42.6 Å². The summed E-state index contributed by atoms with van der Waals surface area (Å²) in [4.78, 5) is 27.0. The Labute approximate surface area is 157 Å². The summed E-state index contributed by atoms with van der Waals surface area (Å²) in [6, 6.07) is 9.14. The SMILES string of the molecule is C/C=C/N(Cc1ccccc1)C(=O)[C@@H](NC(=O)OC(C)(C)C)[C@@H](C)CC. The van der Waals surface area contributed by atoms with Crippen LogP contribution in [0.4, 0.5) is 4.79 Å². The van der Waals surface area contributed by atoms with Crippen LogP contribution in [0.3, 0.4) is 0 Å². The number of allylic oxidation sites excluding steroid dienone is 1. The normalized spacial score (nSPS) is 13.9. The highest BCUT2D eigenvalue weighted by Crippen LogP contribution is 2.15. The van der Waals surface area contributed by atoms with Gasteiger partial charge >= 0.3 is 6.09 Å². The van der Waals surface area contributed by atoms with Crippen molar-refractivity contribution in [1.29, 1.82) is 0 Å². The van der Waals surface area contributed by atoms with Gasteiger partial charge in [-0.05, 0) is 39.2 Å². The van der Waals surface area contributed by atoms with Crippen LogP contribution in [0, 0.1) is 5.92 Å². The van der Waals surface area contributed by atoms with E-state index in [1.165, 1.54) is 0 Å². The summed E-state index contributed by atoms with van der Waals surface area (Å²) in [5, 5.41) is 2.76. The summed E-state index contributed by atoms with van der Waals surface area (Å²) < 4.78 is 5.33. The number of hydrogen-bond donors (Lipinski definition) is 1. The maximum absolute atomic E-state index is 13.1. The van der Waals surface area contributed by atoms with Gasteiger partial charge < -0.3 is 15.0 Å². The van der Waals surface area contributed by atoms with Crippen molar-refractivity contribution in [2.45, 2.75) is 66.2 Å². The Kier molecular flexibility index (Phi) is 8.36. The Hall–Kier alpha value is -2.30. The van der Waals surface area contributed by atoms with Gasteiger partial charge in [0.05, 0.1) is 6.54 Å². The molecule has 2 amide bonds. The molecule has 1 rings (SSSR count). The van der Waals surface area contributed by atoms with Crippen LogP contribution in [0.1, 0.15) is 53.5 Å². The molecule has 0 radical (unpaired) electrons. The van der Waals surface area contributed by atoms with Crippen LogP contribution in [0.5, 0.6) is 0 Å². The zero-order valence-corrected chi connectivity index (χ0v) is 16.8. The van der Waals surface area contributed by atoms with Crippen molar-refractivity contribution in [3.05, 3.63) is 48.2 Å². The fraction of sp³-hybridized carbons (Fsp3) is 0.524. The molecular formula is C21H32N2O3. The van der Waals surface area contributed by atoms with Gasteiger partial charge in [0.15, 0.2) is 0 Å². The van der Waals surface area contributed by atoms with Gasteiger partial charge in [-0.25, -0.2) is 4.79 Å².